The highest BCUT2D eigenvalue weighted by atomic mass is 16.2. The van der Waals surface area contributed by atoms with Crippen LogP contribution in [0.5, 0.6) is 0 Å². The maximum atomic E-state index is 12.6. The van der Waals surface area contributed by atoms with Gasteiger partial charge < -0.3 is 4.90 Å². The fourth-order valence-corrected chi connectivity index (χ4v) is 3.64. The molecule has 0 radical (unpaired) electrons. The van der Waals surface area contributed by atoms with E-state index in [0.717, 1.165) is 6.42 Å². The van der Waals surface area contributed by atoms with Crippen LogP contribution in [0.4, 0.5) is 0 Å². The monoisotopic (exact) mass is 375 g/mol. The Kier molecular flexibility index (Phi) is 4.93. The van der Waals surface area contributed by atoms with E-state index in [-0.39, 0.29) is 18.9 Å². The first-order chi connectivity index (χ1) is 13.6. The van der Waals surface area contributed by atoms with Crippen molar-refractivity contribution in [2.75, 3.05) is 13.1 Å². The van der Waals surface area contributed by atoms with E-state index in [4.69, 9.17) is 0 Å². The van der Waals surface area contributed by atoms with Crippen molar-refractivity contribution in [2.45, 2.75) is 19.4 Å². The summed E-state index contributed by atoms with van der Waals surface area (Å²) in [7, 11) is 0. The summed E-state index contributed by atoms with van der Waals surface area (Å²) in [5.41, 5.74) is 2.11. The number of hydrogen-bond acceptors (Lipinski definition) is 3. The van der Waals surface area contributed by atoms with Crippen LogP contribution in [0, 0.1) is 0 Å². The lowest BCUT2D eigenvalue weighted by molar-refractivity contribution is -0.131. The molecule has 28 heavy (non-hydrogen) atoms. The number of nitrogens with zero attached hydrogens (tertiary/aromatic N) is 2. The molecule has 1 aliphatic rings. The Morgan fingerprint density at radius 1 is 1.00 bits per heavy atom. The molecule has 1 N–H and O–H groups in total. The maximum Gasteiger partial charge on any atom is 0.328 e. The lowest BCUT2D eigenvalue weighted by atomic mass is 9.99. The molecule has 1 aliphatic heterocycles. The minimum absolute atomic E-state index is 0.00513. The van der Waals surface area contributed by atoms with E-state index in [1.54, 1.807) is 24.3 Å². The van der Waals surface area contributed by atoms with Gasteiger partial charge in [0.2, 0.25) is 5.91 Å². The number of fused-ring (bicyclic) bond motifs is 1. The Bertz CT molecular complexity index is 1160. The molecule has 1 aromatic heterocycles. The van der Waals surface area contributed by atoms with Gasteiger partial charge in [0.1, 0.15) is 0 Å². The number of carbonyl (C=O) groups excluding carboxylic acids is 1. The number of aromatic amines is 1. The number of carbonyl (C=O) groups is 1. The molecular formula is C22H21N3O3. The summed E-state index contributed by atoms with van der Waals surface area (Å²) in [4.78, 5) is 40.9. The lowest BCUT2D eigenvalue weighted by Crippen LogP contribution is -2.36. The second kappa shape index (κ2) is 7.68. The van der Waals surface area contributed by atoms with Crippen LogP contribution in [-0.2, 0) is 11.3 Å². The molecular weight excluding hydrogens is 354 g/mol. The average molecular weight is 375 g/mol. The first-order valence-corrected chi connectivity index (χ1v) is 9.37. The standard InChI is InChI=1S/C22H21N3O3/c26-20(24-13-10-17(11-14-24)16-6-2-1-3-7-16)12-15-25-19-9-5-4-8-18(19)21(27)23-22(25)28/h1-10H,11-15H2,(H,23,27,28). The van der Waals surface area contributed by atoms with Gasteiger partial charge in [0.15, 0.2) is 0 Å². The Labute approximate surface area is 161 Å². The Hall–Kier alpha value is -3.41. The van der Waals surface area contributed by atoms with Gasteiger partial charge in [0, 0.05) is 26.1 Å². The van der Waals surface area contributed by atoms with E-state index in [1.807, 2.05) is 23.1 Å². The summed E-state index contributed by atoms with van der Waals surface area (Å²) in [6.45, 7) is 1.48. The molecule has 2 aromatic carbocycles. The smallest absolute Gasteiger partial charge is 0.328 e. The van der Waals surface area contributed by atoms with Crippen LogP contribution >= 0.6 is 0 Å². The molecule has 6 nitrogen and oxygen atoms in total. The number of rotatable bonds is 4. The van der Waals surface area contributed by atoms with Gasteiger partial charge in [-0.15, -0.1) is 0 Å². The van der Waals surface area contributed by atoms with E-state index in [1.165, 1.54) is 15.7 Å². The quantitative estimate of drug-likeness (QED) is 0.761. The molecule has 1 amide bonds. The van der Waals surface area contributed by atoms with Gasteiger partial charge in [0.05, 0.1) is 10.9 Å². The molecule has 0 unspecified atom stereocenters. The average Bonchev–Trinajstić information content (AvgIpc) is 2.74. The number of H-pyrrole nitrogens is 1. The molecule has 0 fully saturated rings. The van der Waals surface area contributed by atoms with Crippen molar-refractivity contribution in [1.82, 2.24) is 14.5 Å². The first kappa shape index (κ1) is 18.0. The van der Waals surface area contributed by atoms with Crippen LogP contribution in [-0.4, -0.2) is 33.4 Å². The summed E-state index contributed by atoms with van der Waals surface area (Å²) in [5, 5.41) is 0.447. The van der Waals surface area contributed by atoms with E-state index in [2.05, 4.69) is 23.2 Å². The molecule has 0 saturated carbocycles. The van der Waals surface area contributed by atoms with Crippen molar-refractivity contribution in [3.63, 3.8) is 0 Å². The van der Waals surface area contributed by atoms with Crippen molar-refractivity contribution in [3.05, 3.63) is 87.1 Å². The van der Waals surface area contributed by atoms with Crippen LogP contribution in [0.2, 0.25) is 0 Å². The highest BCUT2D eigenvalue weighted by Gasteiger charge is 2.18. The van der Waals surface area contributed by atoms with E-state index < -0.39 is 11.2 Å². The van der Waals surface area contributed by atoms with Crippen LogP contribution in [0.3, 0.4) is 0 Å². The minimum atomic E-state index is -0.485. The molecule has 142 valence electrons. The number of amides is 1. The Morgan fingerprint density at radius 3 is 2.50 bits per heavy atom. The van der Waals surface area contributed by atoms with E-state index in [0.29, 0.717) is 24.0 Å². The summed E-state index contributed by atoms with van der Waals surface area (Å²) < 4.78 is 1.46. The zero-order chi connectivity index (χ0) is 19.5. The number of nitrogens with one attached hydrogen (secondary N) is 1. The van der Waals surface area contributed by atoms with Crippen LogP contribution < -0.4 is 11.2 Å². The number of benzene rings is 2. The number of aryl methyl sites for hydroxylation is 1. The molecule has 3 aromatic rings. The highest BCUT2D eigenvalue weighted by molar-refractivity contribution is 5.80. The van der Waals surface area contributed by atoms with Gasteiger partial charge in [0.25, 0.3) is 5.56 Å². The molecule has 0 saturated heterocycles. The summed E-state index contributed by atoms with van der Waals surface area (Å²) in [6, 6.07) is 17.1. The van der Waals surface area contributed by atoms with E-state index in [9.17, 15) is 14.4 Å². The third-order valence-electron chi connectivity index (χ3n) is 5.16. The number of para-hydroxylation sites is 1. The van der Waals surface area contributed by atoms with E-state index >= 15 is 0 Å². The first-order valence-electron chi connectivity index (χ1n) is 9.37. The van der Waals surface area contributed by atoms with Gasteiger partial charge in [-0.1, -0.05) is 48.5 Å². The van der Waals surface area contributed by atoms with Gasteiger partial charge >= 0.3 is 5.69 Å². The molecule has 4 rings (SSSR count). The zero-order valence-electron chi connectivity index (χ0n) is 15.4. The van der Waals surface area contributed by atoms with Crippen LogP contribution in [0.15, 0.2) is 70.3 Å². The van der Waals surface area contributed by atoms with Gasteiger partial charge in [-0.3, -0.25) is 19.1 Å². The summed E-state index contributed by atoms with van der Waals surface area (Å²) in [5.74, 6) is 0.00513. The van der Waals surface area contributed by atoms with Crippen molar-refractivity contribution in [3.8, 4) is 0 Å². The predicted octanol–water partition coefficient (Wildman–Crippen LogP) is 2.40. The van der Waals surface area contributed by atoms with Crippen LogP contribution in [0.1, 0.15) is 18.4 Å². The highest BCUT2D eigenvalue weighted by Crippen LogP contribution is 2.22. The van der Waals surface area contributed by atoms with Gasteiger partial charge in [-0.2, -0.15) is 0 Å². The van der Waals surface area contributed by atoms with Crippen molar-refractivity contribution in [2.24, 2.45) is 0 Å². The second-order valence-corrected chi connectivity index (χ2v) is 6.86. The predicted molar refractivity (Wildman–Crippen MR) is 109 cm³/mol. The van der Waals surface area contributed by atoms with Crippen molar-refractivity contribution in [1.29, 1.82) is 0 Å². The number of hydrogen-bond donors (Lipinski definition) is 1. The zero-order valence-corrected chi connectivity index (χ0v) is 15.4. The normalized spacial score (nSPS) is 14.1. The van der Waals surface area contributed by atoms with Crippen molar-refractivity contribution >= 4 is 22.4 Å². The Balaban J connectivity index is 1.46. The minimum Gasteiger partial charge on any atom is -0.339 e. The molecule has 0 atom stereocenters. The fourth-order valence-electron chi connectivity index (χ4n) is 3.64. The largest absolute Gasteiger partial charge is 0.339 e. The van der Waals surface area contributed by atoms with Gasteiger partial charge in [-0.05, 0) is 29.7 Å². The molecule has 0 aliphatic carbocycles. The summed E-state index contributed by atoms with van der Waals surface area (Å²) in [6.07, 6.45) is 3.13. The van der Waals surface area contributed by atoms with Crippen molar-refractivity contribution < 1.29 is 4.79 Å². The molecule has 0 bridgehead atoms. The lowest BCUT2D eigenvalue weighted by Gasteiger charge is -2.27. The third-order valence-corrected chi connectivity index (χ3v) is 5.16. The molecule has 2 heterocycles. The summed E-state index contributed by atoms with van der Waals surface area (Å²) >= 11 is 0. The van der Waals surface area contributed by atoms with Crippen LogP contribution in [0.25, 0.3) is 16.5 Å². The SMILES string of the molecule is O=C(CCn1c(=O)[nH]c(=O)c2ccccc21)N1CC=C(c2ccccc2)CC1. The third kappa shape index (κ3) is 3.53. The number of aromatic nitrogens is 2. The topological polar surface area (TPSA) is 75.2 Å². The second-order valence-electron chi connectivity index (χ2n) is 6.86. The Morgan fingerprint density at radius 2 is 1.75 bits per heavy atom. The fraction of sp³-hybridized carbons (Fsp3) is 0.227. The maximum absolute atomic E-state index is 12.6. The molecule has 0 spiro atoms. The molecule has 6 heteroatoms. The van der Waals surface area contributed by atoms with Gasteiger partial charge in [-0.25, -0.2) is 4.79 Å².